The summed E-state index contributed by atoms with van der Waals surface area (Å²) in [5, 5.41) is 9.09. The first-order chi connectivity index (χ1) is 18.6. The molecule has 2 fully saturated rings. The van der Waals surface area contributed by atoms with Gasteiger partial charge in [0.1, 0.15) is 5.82 Å². The van der Waals surface area contributed by atoms with E-state index in [1.807, 2.05) is 29.2 Å². The van der Waals surface area contributed by atoms with Crippen molar-refractivity contribution >= 4 is 11.6 Å². The number of hydrogen-bond acceptors (Lipinski definition) is 5. The van der Waals surface area contributed by atoms with Crippen molar-refractivity contribution in [2.75, 3.05) is 50.7 Å². The number of carbonyl (C=O) groups is 1. The van der Waals surface area contributed by atoms with Gasteiger partial charge in [-0.05, 0) is 72.5 Å². The van der Waals surface area contributed by atoms with Crippen molar-refractivity contribution < 1.29 is 13.9 Å². The fourth-order valence-corrected chi connectivity index (χ4v) is 5.17. The lowest BCUT2D eigenvalue weighted by Gasteiger charge is -2.36. The van der Waals surface area contributed by atoms with E-state index >= 15 is 0 Å². The van der Waals surface area contributed by atoms with Crippen LogP contribution in [0.2, 0.25) is 0 Å². The molecule has 2 saturated heterocycles. The number of rotatable bonds is 8. The summed E-state index contributed by atoms with van der Waals surface area (Å²) in [6, 6.07) is 24.1. The number of amides is 1. The van der Waals surface area contributed by atoms with E-state index in [0.29, 0.717) is 30.8 Å². The first-order valence-electron chi connectivity index (χ1n) is 13.3. The summed E-state index contributed by atoms with van der Waals surface area (Å²) < 4.78 is 19.8. The number of nitriles is 1. The van der Waals surface area contributed by atoms with Crippen LogP contribution < -0.4 is 4.90 Å². The molecule has 0 radical (unpaired) electrons. The van der Waals surface area contributed by atoms with Crippen LogP contribution in [0.4, 0.5) is 10.1 Å². The van der Waals surface area contributed by atoms with Gasteiger partial charge in [-0.2, -0.15) is 5.26 Å². The second-order valence-electron chi connectivity index (χ2n) is 10.00. The minimum Gasteiger partial charge on any atom is -0.372 e. The minimum atomic E-state index is -0.341. The van der Waals surface area contributed by atoms with Crippen LogP contribution in [0.5, 0.6) is 0 Å². The largest absolute Gasteiger partial charge is 0.372 e. The Kier molecular flexibility index (Phi) is 8.32. The first kappa shape index (κ1) is 25.9. The summed E-state index contributed by atoms with van der Waals surface area (Å²) >= 11 is 0. The van der Waals surface area contributed by atoms with E-state index in [1.165, 1.54) is 30.7 Å². The molecule has 0 spiro atoms. The van der Waals surface area contributed by atoms with Gasteiger partial charge in [0.2, 0.25) is 0 Å². The number of piperazine rings is 1. The molecule has 3 aromatic carbocycles. The fourth-order valence-electron chi connectivity index (χ4n) is 5.17. The van der Waals surface area contributed by atoms with Gasteiger partial charge >= 0.3 is 0 Å². The molecule has 2 aliphatic heterocycles. The highest BCUT2D eigenvalue weighted by Crippen LogP contribution is 2.28. The van der Waals surface area contributed by atoms with Crippen molar-refractivity contribution in [2.45, 2.75) is 25.6 Å². The molecular weight excluding hydrogens is 479 g/mol. The highest BCUT2D eigenvalue weighted by Gasteiger charge is 2.25. The predicted octanol–water partition coefficient (Wildman–Crippen LogP) is 5.01. The Bertz CT molecular complexity index is 1260. The molecule has 2 aliphatic rings. The zero-order valence-corrected chi connectivity index (χ0v) is 21.6. The van der Waals surface area contributed by atoms with Crippen LogP contribution in [0, 0.1) is 17.1 Å². The third-order valence-corrected chi connectivity index (χ3v) is 7.42. The number of ether oxygens (including phenoxy) is 1. The van der Waals surface area contributed by atoms with Crippen molar-refractivity contribution in [3.63, 3.8) is 0 Å². The molecule has 7 heteroatoms. The summed E-state index contributed by atoms with van der Waals surface area (Å²) in [5.74, 6) is -0.399. The van der Waals surface area contributed by atoms with E-state index in [0.717, 1.165) is 43.9 Å². The van der Waals surface area contributed by atoms with Crippen molar-refractivity contribution in [3.8, 4) is 6.07 Å². The van der Waals surface area contributed by atoms with Gasteiger partial charge in [0.15, 0.2) is 0 Å². The maximum Gasteiger partial charge on any atom is 0.253 e. The molecular formula is C31H33FN4O2. The van der Waals surface area contributed by atoms with Crippen molar-refractivity contribution in [3.05, 3.63) is 101 Å². The highest BCUT2D eigenvalue weighted by atomic mass is 19.1. The third-order valence-electron chi connectivity index (χ3n) is 7.42. The quantitative estimate of drug-likeness (QED) is 0.425. The van der Waals surface area contributed by atoms with Crippen molar-refractivity contribution in [2.24, 2.45) is 0 Å². The zero-order chi connectivity index (χ0) is 26.3. The number of carbonyl (C=O) groups excluding carboxylic acids is 1. The monoisotopic (exact) mass is 512 g/mol. The van der Waals surface area contributed by atoms with Crippen LogP contribution in [-0.4, -0.2) is 61.5 Å². The summed E-state index contributed by atoms with van der Waals surface area (Å²) in [4.78, 5) is 19.5. The second-order valence-corrected chi connectivity index (χ2v) is 10.00. The Morgan fingerprint density at radius 3 is 2.32 bits per heavy atom. The molecule has 2 heterocycles. The standard InChI is InChI=1S/C31H33FN4O2/c32-28-12-10-26(11-13-28)31(37)36-18-16-34(17-19-36)22-30(38-23-25-8-6-24(21-33)7-9-25)27-4-3-5-29(20-27)35-14-1-2-15-35/h3-13,20,30H,1-2,14-19,22-23H2/t30-/m0/s1. The SMILES string of the molecule is N#Cc1ccc(CO[C@@H](CN2CCN(C(=O)c3ccc(F)cc3)CC2)c2cccc(N3CCCC3)c2)cc1. The van der Waals surface area contributed by atoms with E-state index in [1.54, 1.807) is 12.1 Å². The molecule has 0 bridgehead atoms. The van der Waals surface area contributed by atoms with Crippen molar-refractivity contribution in [1.29, 1.82) is 5.26 Å². The highest BCUT2D eigenvalue weighted by molar-refractivity contribution is 5.94. The number of hydrogen-bond donors (Lipinski definition) is 0. The van der Waals surface area contributed by atoms with Crippen LogP contribution in [0.1, 0.15) is 46.0 Å². The Hall–Kier alpha value is -3.73. The van der Waals surface area contributed by atoms with Crippen LogP contribution >= 0.6 is 0 Å². The van der Waals surface area contributed by atoms with Gasteiger partial charge in [0.25, 0.3) is 5.91 Å². The Morgan fingerprint density at radius 1 is 0.921 bits per heavy atom. The first-order valence-corrected chi connectivity index (χ1v) is 13.3. The van der Waals surface area contributed by atoms with E-state index in [2.05, 4.69) is 40.1 Å². The summed E-state index contributed by atoms with van der Waals surface area (Å²) in [6.45, 7) is 6.07. The molecule has 0 saturated carbocycles. The fraction of sp³-hybridized carbons (Fsp3) is 0.355. The molecule has 3 aromatic rings. The zero-order valence-electron chi connectivity index (χ0n) is 21.6. The number of anilines is 1. The lowest BCUT2D eigenvalue weighted by molar-refractivity contribution is 0.00344. The second kappa shape index (κ2) is 12.2. The summed E-state index contributed by atoms with van der Waals surface area (Å²) in [6.07, 6.45) is 2.32. The number of nitrogens with zero attached hydrogens (tertiary/aromatic N) is 4. The molecule has 1 amide bonds. The molecule has 5 rings (SSSR count). The predicted molar refractivity (Wildman–Crippen MR) is 145 cm³/mol. The van der Waals surface area contributed by atoms with Crippen molar-refractivity contribution in [1.82, 2.24) is 9.80 Å². The van der Waals surface area contributed by atoms with E-state index in [4.69, 9.17) is 10.00 Å². The Morgan fingerprint density at radius 2 is 1.63 bits per heavy atom. The number of halogens is 1. The van der Waals surface area contributed by atoms with Gasteiger partial charge < -0.3 is 14.5 Å². The van der Waals surface area contributed by atoms with Crippen LogP contribution in [0.15, 0.2) is 72.8 Å². The Labute approximate surface area is 223 Å². The van der Waals surface area contributed by atoms with Gasteiger partial charge in [-0.25, -0.2) is 4.39 Å². The maximum atomic E-state index is 13.3. The van der Waals surface area contributed by atoms with Gasteiger partial charge in [-0.3, -0.25) is 9.69 Å². The van der Waals surface area contributed by atoms with Crippen LogP contribution in [-0.2, 0) is 11.3 Å². The average Bonchev–Trinajstić information content (AvgIpc) is 3.51. The summed E-state index contributed by atoms with van der Waals surface area (Å²) in [5.41, 5.74) is 4.56. The molecule has 1 atom stereocenters. The molecule has 0 unspecified atom stereocenters. The van der Waals surface area contributed by atoms with E-state index in [9.17, 15) is 9.18 Å². The number of benzene rings is 3. The minimum absolute atomic E-state index is 0.0587. The van der Waals surface area contributed by atoms with Gasteiger partial charge in [-0.15, -0.1) is 0 Å². The van der Waals surface area contributed by atoms with Crippen LogP contribution in [0.3, 0.4) is 0 Å². The topological polar surface area (TPSA) is 59.8 Å². The van der Waals surface area contributed by atoms with E-state index in [-0.39, 0.29) is 17.8 Å². The molecule has 6 nitrogen and oxygen atoms in total. The van der Waals surface area contributed by atoms with Crippen LogP contribution in [0.25, 0.3) is 0 Å². The van der Waals surface area contributed by atoms with Gasteiger partial charge in [0.05, 0.1) is 24.3 Å². The molecule has 0 aliphatic carbocycles. The van der Waals surface area contributed by atoms with Gasteiger partial charge in [-0.1, -0.05) is 24.3 Å². The lowest BCUT2D eigenvalue weighted by atomic mass is 10.1. The van der Waals surface area contributed by atoms with E-state index < -0.39 is 0 Å². The third kappa shape index (κ3) is 6.39. The average molecular weight is 513 g/mol. The summed E-state index contributed by atoms with van der Waals surface area (Å²) in [7, 11) is 0. The molecule has 196 valence electrons. The molecule has 38 heavy (non-hydrogen) atoms. The van der Waals surface area contributed by atoms with Gasteiger partial charge in [0, 0.05) is 57.1 Å². The lowest BCUT2D eigenvalue weighted by Crippen LogP contribution is -2.49. The molecule has 0 N–H and O–H groups in total. The Balaban J connectivity index is 1.26. The smallest absolute Gasteiger partial charge is 0.253 e. The normalized spacial score (nSPS) is 16.8. The molecule has 0 aromatic heterocycles. The maximum absolute atomic E-state index is 13.3.